The Hall–Kier alpha value is -0.570. The molecule has 0 aliphatic carbocycles. The van der Waals surface area contributed by atoms with Crippen molar-refractivity contribution in [1.29, 1.82) is 0 Å². The average molecular weight is 213 g/mol. The van der Waals surface area contributed by atoms with E-state index in [1.165, 1.54) is 13.5 Å². The normalized spacial score (nSPS) is 29.9. The average Bonchev–Trinajstić information content (AvgIpc) is 2.21. The third-order valence-corrected chi connectivity index (χ3v) is 3.68. The second-order valence-electron chi connectivity index (χ2n) is 4.87. The maximum Gasteiger partial charge on any atom is 0.307 e. The number of piperidine rings is 1. The van der Waals surface area contributed by atoms with E-state index < -0.39 is 0 Å². The Kier molecular flexibility index (Phi) is 4.58. The van der Waals surface area contributed by atoms with Crippen LogP contribution < -0.4 is 0 Å². The fourth-order valence-electron chi connectivity index (χ4n) is 2.15. The lowest BCUT2D eigenvalue weighted by Crippen LogP contribution is -2.44. The lowest BCUT2D eigenvalue weighted by Gasteiger charge is -2.38. The van der Waals surface area contributed by atoms with Crippen molar-refractivity contribution in [2.24, 2.45) is 11.8 Å². The third kappa shape index (κ3) is 3.49. The van der Waals surface area contributed by atoms with Crippen molar-refractivity contribution in [1.82, 2.24) is 4.90 Å². The number of hydrogen-bond acceptors (Lipinski definition) is 3. The lowest BCUT2D eigenvalue weighted by atomic mass is 9.88. The van der Waals surface area contributed by atoms with Gasteiger partial charge in [-0.25, -0.2) is 0 Å². The van der Waals surface area contributed by atoms with Crippen molar-refractivity contribution in [3.05, 3.63) is 0 Å². The largest absolute Gasteiger partial charge is 0.469 e. The molecule has 0 saturated carbocycles. The highest BCUT2D eigenvalue weighted by atomic mass is 16.5. The summed E-state index contributed by atoms with van der Waals surface area (Å²) in [6.45, 7) is 8.94. The highest BCUT2D eigenvalue weighted by Gasteiger charge is 2.26. The standard InChI is InChI=1S/C12H23NO2/c1-9-5-6-13(8-10(9)2)11(3)7-12(14)15-4/h9-11H,5-8H2,1-4H3. The zero-order valence-electron chi connectivity index (χ0n) is 10.3. The molecule has 0 aromatic rings. The number of likely N-dealkylation sites (tertiary alicyclic amines) is 1. The Labute approximate surface area is 92.8 Å². The number of carbonyl (C=O) groups excluding carboxylic acids is 1. The van der Waals surface area contributed by atoms with Crippen molar-refractivity contribution < 1.29 is 9.53 Å². The summed E-state index contributed by atoms with van der Waals surface area (Å²) < 4.78 is 4.69. The first kappa shape index (κ1) is 12.5. The van der Waals surface area contributed by atoms with Crippen LogP contribution in [-0.2, 0) is 9.53 Å². The summed E-state index contributed by atoms with van der Waals surface area (Å²) in [5.74, 6) is 1.44. The van der Waals surface area contributed by atoms with Gasteiger partial charge in [0, 0.05) is 12.6 Å². The van der Waals surface area contributed by atoms with Crippen molar-refractivity contribution in [3.8, 4) is 0 Å². The van der Waals surface area contributed by atoms with E-state index in [4.69, 9.17) is 4.74 Å². The predicted octanol–water partition coefficient (Wildman–Crippen LogP) is 1.92. The van der Waals surface area contributed by atoms with Crippen molar-refractivity contribution in [3.63, 3.8) is 0 Å². The van der Waals surface area contributed by atoms with Crippen LogP contribution in [0.25, 0.3) is 0 Å². The zero-order chi connectivity index (χ0) is 11.4. The van der Waals surface area contributed by atoms with Crippen LogP contribution in [-0.4, -0.2) is 37.1 Å². The lowest BCUT2D eigenvalue weighted by molar-refractivity contribution is -0.142. The minimum Gasteiger partial charge on any atom is -0.469 e. The monoisotopic (exact) mass is 213 g/mol. The summed E-state index contributed by atoms with van der Waals surface area (Å²) >= 11 is 0. The van der Waals surface area contributed by atoms with Crippen LogP contribution in [0.3, 0.4) is 0 Å². The van der Waals surface area contributed by atoms with E-state index in [0.717, 1.165) is 24.9 Å². The Balaban J connectivity index is 2.40. The minimum absolute atomic E-state index is 0.103. The van der Waals surface area contributed by atoms with E-state index in [2.05, 4.69) is 25.7 Å². The molecule has 3 heteroatoms. The van der Waals surface area contributed by atoms with E-state index in [-0.39, 0.29) is 5.97 Å². The highest BCUT2D eigenvalue weighted by Crippen LogP contribution is 2.24. The summed E-state index contributed by atoms with van der Waals surface area (Å²) in [6, 6.07) is 0.312. The van der Waals surface area contributed by atoms with E-state index in [1.54, 1.807) is 0 Å². The van der Waals surface area contributed by atoms with Gasteiger partial charge >= 0.3 is 5.97 Å². The molecule has 1 aliphatic heterocycles. The molecule has 1 aliphatic rings. The first-order chi connectivity index (χ1) is 7.04. The summed E-state index contributed by atoms with van der Waals surface area (Å²) in [5, 5.41) is 0. The number of carbonyl (C=O) groups is 1. The molecule has 0 N–H and O–H groups in total. The highest BCUT2D eigenvalue weighted by molar-refractivity contribution is 5.69. The second-order valence-corrected chi connectivity index (χ2v) is 4.87. The topological polar surface area (TPSA) is 29.5 Å². The number of rotatable bonds is 3. The molecule has 3 atom stereocenters. The quantitative estimate of drug-likeness (QED) is 0.671. The van der Waals surface area contributed by atoms with Crippen molar-refractivity contribution >= 4 is 5.97 Å². The molecule has 1 rings (SSSR count). The van der Waals surface area contributed by atoms with E-state index in [0.29, 0.717) is 12.5 Å². The van der Waals surface area contributed by atoms with Gasteiger partial charge in [-0.3, -0.25) is 9.69 Å². The molecule has 1 fully saturated rings. The molecule has 1 heterocycles. The maximum atomic E-state index is 11.2. The Bertz CT molecular complexity index is 218. The van der Waals surface area contributed by atoms with Gasteiger partial charge in [0.15, 0.2) is 0 Å². The van der Waals surface area contributed by atoms with Gasteiger partial charge in [-0.15, -0.1) is 0 Å². The number of ether oxygens (including phenoxy) is 1. The van der Waals surface area contributed by atoms with Crippen molar-refractivity contribution in [2.45, 2.75) is 39.7 Å². The van der Waals surface area contributed by atoms with Gasteiger partial charge in [0.05, 0.1) is 13.5 Å². The number of methoxy groups -OCH3 is 1. The second kappa shape index (κ2) is 5.50. The van der Waals surface area contributed by atoms with Crippen LogP contribution in [0.1, 0.15) is 33.6 Å². The summed E-state index contributed by atoms with van der Waals surface area (Å²) in [4.78, 5) is 13.6. The van der Waals surface area contributed by atoms with Crippen LogP contribution >= 0.6 is 0 Å². The third-order valence-electron chi connectivity index (χ3n) is 3.68. The van der Waals surface area contributed by atoms with Crippen LogP contribution in [0.5, 0.6) is 0 Å². The molecule has 3 nitrogen and oxygen atoms in total. The van der Waals surface area contributed by atoms with Crippen LogP contribution in [0, 0.1) is 11.8 Å². The van der Waals surface area contributed by atoms with E-state index in [1.807, 2.05) is 0 Å². The number of nitrogens with zero attached hydrogens (tertiary/aromatic N) is 1. The number of hydrogen-bond donors (Lipinski definition) is 0. The van der Waals surface area contributed by atoms with Gasteiger partial charge in [-0.1, -0.05) is 13.8 Å². The van der Waals surface area contributed by atoms with Gasteiger partial charge in [-0.2, -0.15) is 0 Å². The molecular weight excluding hydrogens is 190 g/mol. The van der Waals surface area contributed by atoms with Crippen LogP contribution in [0.4, 0.5) is 0 Å². The molecule has 0 aromatic carbocycles. The Morgan fingerprint density at radius 3 is 2.67 bits per heavy atom. The summed E-state index contributed by atoms with van der Waals surface area (Å²) in [6.07, 6.45) is 1.75. The maximum absolute atomic E-state index is 11.2. The van der Waals surface area contributed by atoms with Gasteiger partial charge in [0.1, 0.15) is 0 Å². The number of esters is 1. The van der Waals surface area contributed by atoms with Gasteiger partial charge in [0.2, 0.25) is 0 Å². The fourth-order valence-corrected chi connectivity index (χ4v) is 2.15. The fraction of sp³-hybridized carbons (Fsp3) is 0.917. The van der Waals surface area contributed by atoms with Gasteiger partial charge < -0.3 is 4.74 Å². The summed E-state index contributed by atoms with van der Waals surface area (Å²) in [5.41, 5.74) is 0. The molecule has 0 aromatic heterocycles. The molecule has 0 bridgehead atoms. The smallest absolute Gasteiger partial charge is 0.307 e. The molecule has 0 amide bonds. The Morgan fingerprint density at radius 1 is 1.47 bits per heavy atom. The first-order valence-electron chi connectivity index (χ1n) is 5.85. The molecule has 15 heavy (non-hydrogen) atoms. The molecule has 88 valence electrons. The molecular formula is C12H23NO2. The van der Waals surface area contributed by atoms with Crippen LogP contribution in [0.2, 0.25) is 0 Å². The van der Waals surface area contributed by atoms with E-state index >= 15 is 0 Å². The molecule has 0 radical (unpaired) electrons. The predicted molar refractivity (Wildman–Crippen MR) is 60.6 cm³/mol. The zero-order valence-corrected chi connectivity index (χ0v) is 10.3. The molecule has 0 spiro atoms. The molecule has 3 unspecified atom stereocenters. The van der Waals surface area contributed by atoms with Crippen molar-refractivity contribution in [2.75, 3.05) is 20.2 Å². The SMILES string of the molecule is COC(=O)CC(C)N1CCC(C)C(C)C1. The van der Waals surface area contributed by atoms with Gasteiger partial charge in [0.25, 0.3) is 0 Å². The molecule has 1 saturated heterocycles. The summed E-state index contributed by atoms with van der Waals surface area (Å²) in [7, 11) is 1.45. The van der Waals surface area contributed by atoms with Crippen LogP contribution in [0.15, 0.2) is 0 Å². The first-order valence-corrected chi connectivity index (χ1v) is 5.85. The Morgan fingerprint density at radius 2 is 2.13 bits per heavy atom. The van der Waals surface area contributed by atoms with E-state index in [9.17, 15) is 4.79 Å². The minimum atomic E-state index is -0.103. The van der Waals surface area contributed by atoms with Gasteiger partial charge in [-0.05, 0) is 31.7 Å².